The Balaban J connectivity index is 1.53. The lowest BCUT2D eigenvalue weighted by Gasteiger charge is -2.16. The van der Waals surface area contributed by atoms with Crippen LogP contribution in [0.1, 0.15) is 18.4 Å². The van der Waals surface area contributed by atoms with Crippen molar-refractivity contribution in [2.24, 2.45) is 0 Å². The summed E-state index contributed by atoms with van der Waals surface area (Å²) in [4.78, 5) is 25.7. The third kappa shape index (κ3) is 4.77. The number of carbonyl (C=O) groups excluding carboxylic acids is 2. The fourth-order valence-corrected chi connectivity index (χ4v) is 3.85. The van der Waals surface area contributed by atoms with E-state index in [2.05, 4.69) is 5.32 Å². The van der Waals surface area contributed by atoms with Crippen molar-refractivity contribution in [2.75, 3.05) is 22.5 Å². The number of hydrogen-bond acceptors (Lipinski definition) is 3. The summed E-state index contributed by atoms with van der Waals surface area (Å²) in [6, 6.07) is 15.1. The summed E-state index contributed by atoms with van der Waals surface area (Å²) in [5.41, 5.74) is 2.57. The Hall–Kier alpha value is -1.98. The number of nitrogens with zero attached hydrogens (tertiary/aromatic N) is 1. The average Bonchev–Trinajstić information content (AvgIpc) is 3.03. The number of anilines is 2. The van der Waals surface area contributed by atoms with Crippen molar-refractivity contribution >= 4 is 46.6 Å². The van der Waals surface area contributed by atoms with Gasteiger partial charge in [0.15, 0.2) is 0 Å². The second-order valence-electron chi connectivity index (χ2n) is 5.83. The van der Waals surface area contributed by atoms with Crippen molar-refractivity contribution < 1.29 is 9.59 Å². The fourth-order valence-electron chi connectivity index (χ4n) is 2.74. The molecule has 4 nitrogen and oxygen atoms in total. The normalized spacial score (nSPS) is 14.0. The van der Waals surface area contributed by atoms with Crippen molar-refractivity contribution in [3.63, 3.8) is 0 Å². The zero-order valence-corrected chi connectivity index (χ0v) is 15.3. The van der Waals surface area contributed by atoms with Crippen LogP contribution in [-0.2, 0) is 15.3 Å². The number of nitrogens with one attached hydrogen (secondary N) is 1. The lowest BCUT2D eigenvalue weighted by atomic mass is 10.2. The molecule has 1 heterocycles. The van der Waals surface area contributed by atoms with Gasteiger partial charge in [-0.25, -0.2) is 0 Å². The molecule has 2 amide bonds. The molecule has 25 heavy (non-hydrogen) atoms. The lowest BCUT2D eigenvalue weighted by Crippen LogP contribution is -2.23. The molecule has 0 bridgehead atoms. The standard InChI is InChI=1S/C19H19ClN2O2S/c20-17-8-2-1-5-14(17)12-25-13-18(23)21-15-6-3-7-16(11-15)22-10-4-9-19(22)24/h1-3,5-8,11H,4,9-10,12-13H2,(H,21,23). The predicted octanol–water partition coefficient (Wildman–Crippen LogP) is 4.34. The van der Waals surface area contributed by atoms with Crippen LogP contribution in [0.2, 0.25) is 5.02 Å². The smallest absolute Gasteiger partial charge is 0.234 e. The molecule has 0 aromatic heterocycles. The molecule has 1 aliphatic heterocycles. The summed E-state index contributed by atoms with van der Waals surface area (Å²) in [6.45, 7) is 0.740. The number of halogens is 1. The Morgan fingerprint density at radius 2 is 2.04 bits per heavy atom. The Kier molecular flexibility index (Phi) is 6.00. The van der Waals surface area contributed by atoms with Gasteiger partial charge >= 0.3 is 0 Å². The minimum Gasteiger partial charge on any atom is -0.325 e. The van der Waals surface area contributed by atoms with Gasteiger partial charge in [-0.05, 0) is 36.2 Å². The van der Waals surface area contributed by atoms with E-state index in [9.17, 15) is 9.59 Å². The predicted molar refractivity (Wildman–Crippen MR) is 104 cm³/mol. The maximum atomic E-state index is 12.1. The summed E-state index contributed by atoms with van der Waals surface area (Å²) in [5, 5.41) is 3.61. The Morgan fingerprint density at radius 1 is 1.20 bits per heavy atom. The van der Waals surface area contributed by atoms with Crippen LogP contribution < -0.4 is 10.2 Å². The molecule has 1 N–H and O–H groups in total. The molecule has 3 rings (SSSR count). The quantitative estimate of drug-likeness (QED) is 0.818. The molecule has 2 aromatic carbocycles. The minimum atomic E-state index is -0.0676. The van der Waals surface area contributed by atoms with Crippen LogP contribution in [0.5, 0.6) is 0 Å². The number of amides is 2. The van der Waals surface area contributed by atoms with Gasteiger partial charge < -0.3 is 10.2 Å². The highest BCUT2D eigenvalue weighted by atomic mass is 35.5. The van der Waals surface area contributed by atoms with Gasteiger partial charge in [-0.15, -0.1) is 11.8 Å². The summed E-state index contributed by atoms with van der Waals surface area (Å²) in [5.74, 6) is 1.11. The summed E-state index contributed by atoms with van der Waals surface area (Å²) >= 11 is 7.63. The lowest BCUT2D eigenvalue weighted by molar-refractivity contribution is -0.117. The largest absolute Gasteiger partial charge is 0.325 e. The van der Waals surface area contributed by atoms with Gasteiger partial charge in [0.2, 0.25) is 11.8 Å². The van der Waals surface area contributed by atoms with Gasteiger partial charge in [0.25, 0.3) is 0 Å². The second kappa shape index (κ2) is 8.41. The molecule has 0 radical (unpaired) electrons. The Labute approximate surface area is 156 Å². The molecule has 1 aliphatic rings. The van der Waals surface area contributed by atoms with Crippen LogP contribution in [0.25, 0.3) is 0 Å². The van der Waals surface area contributed by atoms with E-state index in [4.69, 9.17) is 11.6 Å². The highest BCUT2D eigenvalue weighted by Crippen LogP contribution is 2.25. The van der Waals surface area contributed by atoms with Gasteiger partial charge in [-0.1, -0.05) is 35.9 Å². The third-order valence-electron chi connectivity index (χ3n) is 3.96. The van der Waals surface area contributed by atoms with Crippen LogP contribution in [0.4, 0.5) is 11.4 Å². The van der Waals surface area contributed by atoms with Crippen LogP contribution >= 0.6 is 23.4 Å². The number of carbonyl (C=O) groups is 2. The van der Waals surface area contributed by atoms with Crippen molar-refractivity contribution in [3.05, 3.63) is 59.1 Å². The number of benzene rings is 2. The Morgan fingerprint density at radius 3 is 2.80 bits per heavy atom. The second-order valence-corrected chi connectivity index (χ2v) is 7.22. The van der Waals surface area contributed by atoms with E-state index < -0.39 is 0 Å². The van der Waals surface area contributed by atoms with Crippen molar-refractivity contribution in [1.82, 2.24) is 0 Å². The van der Waals surface area contributed by atoms with Gasteiger partial charge in [0, 0.05) is 35.1 Å². The molecule has 0 spiro atoms. The topological polar surface area (TPSA) is 49.4 Å². The molecular weight excluding hydrogens is 356 g/mol. The van der Waals surface area contributed by atoms with E-state index >= 15 is 0 Å². The van der Waals surface area contributed by atoms with Gasteiger partial charge in [-0.2, -0.15) is 0 Å². The number of thioether (sulfide) groups is 1. The summed E-state index contributed by atoms with van der Waals surface area (Å²) < 4.78 is 0. The Bertz CT molecular complexity index is 782. The van der Waals surface area contributed by atoms with E-state index in [1.807, 2.05) is 48.5 Å². The van der Waals surface area contributed by atoms with Gasteiger partial charge in [0.1, 0.15) is 0 Å². The maximum absolute atomic E-state index is 12.1. The first kappa shape index (κ1) is 17.8. The summed E-state index contributed by atoms with van der Waals surface area (Å²) in [7, 11) is 0. The average molecular weight is 375 g/mol. The van der Waals surface area contributed by atoms with Crippen LogP contribution in [0.3, 0.4) is 0 Å². The minimum absolute atomic E-state index is 0.0676. The fraction of sp³-hybridized carbons (Fsp3) is 0.263. The highest BCUT2D eigenvalue weighted by molar-refractivity contribution is 7.99. The maximum Gasteiger partial charge on any atom is 0.234 e. The van der Waals surface area contributed by atoms with E-state index in [1.165, 1.54) is 11.8 Å². The molecule has 0 unspecified atom stereocenters. The van der Waals surface area contributed by atoms with Crippen LogP contribution in [0.15, 0.2) is 48.5 Å². The highest BCUT2D eigenvalue weighted by Gasteiger charge is 2.21. The zero-order chi connectivity index (χ0) is 17.6. The zero-order valence-electron chi connectivity index (χ0n) is 13.7. The van der Waals surface area contributed by atoms with Crippen molar-refractivity contribution in [1.29, 1.82) is 0 Å². The first-order valence-electron chi connectivity index (χ1n) is 8.15. The van der Waals surface area contributed by atoms with E-state index in [-0.39, 0.29) is 11.8 Å². The van der Waals surface area contributed by atoms with Gasteiger partial charge in [-0.3, -0.25) is 9.59 Å². The first-order valence-corrected chi connectivity index (χ1v) is 9.68. The van der Waals surface area contributed by atoms with Crippen LogP contribution in [-0.4, -0.2) is 24.1 Å². The SMILES string of the molecule is O=C(CSCc1ccccc1Cl)Nc1cccc(N2CCCC2=O)c1. The van der Waals surface area contributed by atoms with Crippen molar-refractivity contribution in [2.45, 2.75) is 18.6 Å². The van der Waals surface area contributed by atoms with E-state index in [1.54, 1.807) is 4.90 Å². The molecule has 0 aliphatic carbocycles. The van der Waals surface area contributed by atoms with E-state index in [0.29, 0.717) is 23.6 Å². The number of rotatable bonds is 6. The molecular formula is C19H19ClN2O2S. The molecule has 0 saturated carbocycles. The molecule has 2 aromatic rings. The molecule has 130 valence electrons. The molecule has 6 heteroatoms. The summed E-state index contributed by atoms with van der Waals surface area (Å²) in [6.07, 6.45) is 1.48. The molecule has 1 saturated heterocycles. The van der Waals surface area contributed by atoms with Gasteiger partial charge in [0.05, 0.1) is 5.75 Å². The third-order valence-corrected chi connectivity index (χ3v) is 5.31. The number of hydrogen-bond donors (Lipinski definition) is 1. The van der Waals surface area contributed by atoms with E-state index in [0.717, 1.165) is 29.2 Å². The molecule has 1 fully saturated rings. The van der Waals surface area contributed by atoms with Crippen molar-refractivity contribution in [3.8, 4) is 0 Å². The monoisotopic (exact) mass is 374 g/mol. The first-order chi connectivity index (χ1) is 12.1. The molecule has 0 atom stereocenters. The van der Waals surface area contributed by atoms with Crippen LogP contribution in [0, 0.1) is 0 Å².